The minimum Gasteiger partial charge on any atom is -0.497 e. The quantitative estimate of drug-likeness (QED) is 0.626. The zero-order valence-electron chi connectivity index (χ0n) is 12.8. The largest absolute Gasteiger partial charge is 0.497 e. The minimum atomic E-state index is -1.21. The summed E-state index contributed by atoms with van der Waals surface area (Å²) in [6.45, 7) is 2.65. The maximum absolute atomic E-state index is 10.4. The molecule has 1 heterocycles. The van der Waals surface area contributed by atoms with Crippen molar-refractivity contribution in [1.29, 1.82) is 0 Å². The highest BCUT2D eigenvalue weighted by molar-refractivity contribution is 5.64. The van der Waals surface area contributed by atoms with Crippen molar-refractivity contribution in [2.45, 2.75) is 6.92 Å². The van der Waals surface area contributed by atoms with Crippen LogP contribution in [0.5, 0.6) is 11.5 Å². The van der Waals surface area contributed by atoms with Crippen LogP contribution in [-0.2, 0) is 0 Å². The maximum atomic E-state index is 10.4. The molecule has 0 aliphatic rings. The number of hydrogen-bond acceptors (Lipinski definition) is 9. The van der Waals surface area contributed by atoms with Gasteiger partial charge in [-0.15, -0.1) is 0 Å². The fraction of sp³-hybridized carbons (Fsp3) is 0.154. The Labute approximate surface area is 139 Å². The van der Waals surface area contributed by atoms with E-state index < -0.39 is 37.6 Å². The number of aromatic nitrogens is 1. The van der Waals surface area contributed by atoms with Crippen molar-refractivity contribution in [3.8, 4) is 11.5 Å². The molecule has 0 amide bonds. The molecule has 2 rings (SSSR count). The third-order valence-electron chi connectivity index (χ3n) is 2.60. The summed E-state index contributed by atoms with van der Waals surface area (Å²) in [5.74, 6) is -0.374. The molecular weight excluding hydrogens is 340 g/mol. The smallest absolute Gasteiger partial charge is 0.324 e. The summed E-state index contributed by atoms with van der Waals surface area (Å²) in [4.78, 5) is 31.6. The van der Waals surface area contributed by atoms with Crippen molar-refractivity contribution in [1.82, 2.24) is 4.98 Å². The van der Waals surface area contributed by atoms with Gasteiger partial charge in [0.2, 0.25) is 0 Å². The first-order chi connectivity index (χ1) is 11.8. The number of phenolic OH excluding ortho intramolecular Hbond substituents is 1. The highest BCUT2D eigenvalue weighted by Gasteiger charge is 2.30. The molecule has 0 radical (unpaired) electrons. The Morgan fingerprint density at radius 2 is 1.64 bits per heavy atom. The van der Waals surface area contributed by atoms with Gasteiger partial charge in [-0.3, -0.25) is 35.3 Å². The van der Waals surface area contributed by atoms with Gasteiger partial charge in [0.15, 0.2) is 0 Å². The van der Waals surface area contributed by atoms with Crippen LogP contribution in [0, 0.1) is 30.3 Å². The van der Waals surface area contributed by atoms with Crippen molar-refractivity contribution < 1.29 is 24.6 Å². The SMILES string of the molecule is CCOc1cccnc1.O=[N+]([O-])c1cc([N+](=O)[O-])c(O)c([N+](=O)[O-])c1. The van der Waals surface area contributed by atoms with Crippen LogP contribution in [0.15, 0.2) is 36.7 Å². The molecule has 0 spiro atoms. The predicted molar refractivity (Wildman–Crippen MR) is 83.5 cm³/mol. The lowest BCUT2D eigenvalue weighted by atomic mass is 10.2. The molecule has 0 saturated heterocycles. The van der Waals surface area contributed by atoms with E-state index >= 15 is 0 Å². The average Bonchev–Trinajstić information content (AvgIpc) is 2.56. The van der Waals surface area contributed by atoms with Crippen molar-refractivity contribution in [3.05, 3.63) is 67.0 Å². The van der Waals surface area contributed by atoms with Gasteiger partial charge < -0.3 is 9.84 Å². The second kappa shape index (κ2) is 8.71. The molecule has 0 aliphatic carbocycles. The fourth-order valence-electron chi connectivity index (χ4n) is 1.57. The van der Waals surface area contributed by atoms with E-state index in [1.807, 2.05) is 19.1 Å². The summed E-state index contributed by atoms with van der Waals surface area (Å²) >= 11 is 0. The molecule has 12 heteroatoms. The van der Waals surface area contributed by atoms with Crippen LogP contribution in [0.3, 0.4) is 0 Å². The molecule has 1 aromatic heterocycles. The molecule has 1 aromatic carbocycles. The number of benzene rings is 1. The molecule has 0 saturated carbocycles. The van der Waals surface area contributed by atoms with Crippen molar-refractivity contribution in [2.75, 3.05) is 6.61 Å². The Kier molecular flexibility index (Phi) is 6.70. The second-order valence-corrected chi connectivity index (χ2v) is 4.23. The molecule has 1 N–H and O–H groups in total. The molecule has 12 nitrogen and oxygen atoms in total. The number of hydrogen-bond donors (Lipinski definition) is 1. The van der Waals surface area contributed by atoms with Gasteiger partial charge in [-0.05, 0) is 19.1 Å². The van der Waals surface area contributed by atoms with Crippen LogP contribution < -0.4 is 4.74 Å². The van der Waals surface area contributed by atoms with E-state index in [-0.39, 0.29) is 0 Å². The molecular formula is C13H12N4O8. The lowest BCUT2D eigenvalue weighted by molar-refractivity contribution is -0.404. The zero-order valence-corrected chi connectivity index (χ0v) is 12.8. The minimum absolute atomic E-state index is 0.447. The number of phenols is 1. The maximum Gasteiger partial charge on any atom is 0.324 e. The van der Waals surface area contributed by atoms with Gasteiger partial charge in [0.1, 0.15) is 5.75 Å². The number of ether oxygens (including phenoxy) is 1. The molecule has 132 valence electrons. The van der Waals surface area contributed by atoms with Gasteiger partial charge in [-0.25, -0.2) is 0 Å². The fourth-order valence-corrected chi connectivity index (χ4v) is 1.57. The van der Waals surface area contributed by atoms with E-state index in [4.69, 9.17) is 9.84 Å². The lowest BCUT2D eigenvalue weighted by Gasteiger charge is -1.98. The van der Waals surface area contributed by atoms with Crippen LogP contribution in [-0.4, -0.2) is 31.5 Å². The van der Waals surface area contributed by atoms with Crippen LogP contribution in [0.1, 0.15) is 6.92 Å². The molecule has 0 unspecified atom stereocenters. The van der Waals surface area contributed by atoms with Crippen molar-refractivity contribution in [2.24, 2.45) is 0 Å². The van der Waals surface area contributed by atoms with Crippen molar-refractivity contribution in [3.63, 3.8) is 0 Å². The molecule has 2 aromatic rings. The van der Waals surface area contributed by atoms with Gasteiger partial charge >= 0.3 is 11.4 Å². The summed E-state index contributed by atoms with van der Waals surface area (Å²) in [6, 6.07) is 4.63. The first-order valence-corrected chi connectivity index (χ1v) is 6.60. The topological polar surface area (TPSA) is 172 Å². The first-order valence-electron chi connectivity index (χ1n) is 6.60. The molecule has 25 heavy (non-hydrogen) atoms. The number of pyridine rings is 1. The number of aromatic hydroxyl groups is 1. The van der Waals surface area contributed by atoms with E-state index in [0.29, 0.717) is 18.7 Å². The standard InChI is InChI=1S/C7H9NO.C6H3N3O7/c1-2-9-7-4-3-5-8-6-7;10-6-4(8(13)14)1-3(7(11)12)2-5(6)9(15)16/h3-6H,2H2,1H3;1-2,10H. The molecule has 0 fully saturated rings. The normalized spacial score (nSPS) is 9.48. The Hall–Kier alpha value is -3.83. The monoisotopic (exact) mass is 352 g/mol. The zero-order chi connectivity index (χ0) is 19.0. The van der Waals surface area contributed by atoms with Crippen LogP contribution in [0.25, 0.3) is 0 Å². The van der Waals surface area contributed by atoms with E-state index in [2.05, 4.69) is 4.98 Å². The summed E-state index contributed by atoms with van der Waals surface area (Å²) in [5, 5.41) is 40.2. The Morgan fingerprint density at radius 3 is 2.00 bits per heavy atom. The van der Waals surface area contributed by atoms with E-state index in [0.717, 1.165) is 5.75 Å². The van der Waals surface area contributed by atoms with E-state index in [9.17, 15) is 30.3 Å². The summed E-state index contributed by atoms with van der Waals surface area (Å²) < 4.78 is 5.14. The second-order valence-electron chi connectivity index (χ2n) is 4.23. The number of nitro benzene ring substituents is 3. The number of rotatable bonds is 5. The van der Waals surface area contributed by atoms with Crippen LogP contribution >= 0.6 is 0 Å². The van der Waals surface area contributed by atoms with Crippen LogP contribution in [0.4, 0.5) is 17.1 Å². The summed E-state index contributed by atoms with van der Waals surface area (Å²) in [6.07, 6.45) is 3.42. The molecule has 0 bridgehead atoms. The average molecular weight is 352 g/mol. The van der Waals surface area contributed by atoms with Gasteiger partial charge in [0.25, 0.3) is 11.4 Å². The van der Waals surface area contributed by atoms with Gasteiger partial charge in [-0.1, -0.05) is 0 Å². The third-order valence-corrected chi connectivity index (χ3v) is 2.60. The van der Waals surface area contributed by atoms with Gasteiger partial charge in [0.05, 0.1) is 39.7 Å². The van der Waals surface area contributed by atoms with Gasteiger partial charge in [0, 0.05) is 6.20 Å². The lowest BCUT2D eigenvalue weighted by Crippen LogP contribution is -1.97. The van der Waals surface area contributed by atoms with E-state index in [1.165, 1.54) is 0 Å². The Morgan fingerprint density at radius 1 is 1.08 bits per heavy atom. The highest BCUT2D eigenvalue weighted by atomic mass is 16.6. The van der Waals surface area contributed by atoms with Crippen LogP contribution in [0.2, 0.25) is 0 Å². The molecule has 0 aliphatic heterocycles. The first kappa shape index (κ1) is 19.2. The Bertz CT molecular complexity index is 746. The molecule has 0 atom stereocenters. The predicted octanol–water partition coefficient (Wildman–Crippen LogP) is 2.60. The summed E-state index contributed by atoms with van der Waals surface area (Å²) in [7, 11) is 0. The van der Waals surface area contributed by atoms with Gasteiger partial charge in [-0.2, -0.15) is 0 Å². The summed E-state index contributed by atoms with van der Waals surface area (Å²) in [5.41, 5.74) is -3.00. The Balaban J connectivity index is 0.000000293. The third kappa shape index (κ3) is 5.38. The number of nitrogens with zero attached hydrogens (tertiary/aromatic N) is 4. The van der Waals surface area contributed by atoms with E-state index in [1.54, 1.807) is 12.4 Å². The highest BCUT2D eigenvalue weighted by Crippen LogP contribution is 2.38. The number of non-ortho nitro benzene ring substituents is 1. The van der Waals surface area contributed by atoms with Crippen molar-refractivity contribution >= 4 is 17.1 Å². The number of nitro groups is 3.